The Labute approximate surface area is 96.6 Å². The third kappa shape index (κ3) is 2.04. The number of hydrogen-bond acceptors (Lipinski definition) is 1. The van der Waals surface area contributed by atoms with Crippen LogP contribution in [-0.2, 0) is 5.41 Å². The van der Waals surface area contributed by atoms with Gasteiger partial charge in [-0.05, 0) is 43.0 Å². The summed E-state index contributed by atoms with van der Waals surface area (Å²) in [6.07, 6.45) is 5.01. The molecule has 0 radical (unpaired) electrons. The van der Waals surface area contributed by atoms with E-state index in [1.54, 1.807) is 0 Å². The molecule has 1 aromatic rings. The van der Waals surface area contributed by atoms with Gasteiger partial charge in [-0.3, -0.25) is 0 Å². The summed E-state index contributed by atoms with van der Waals surface area (Å²) in [5.74, 6) is 0. The molecular weight excluding hydrogens is 206 g/mol. The largest absolute Gasteiger partial charge is 0.330 e. The Hall–Kier alpha value is -0.530. The Kier molecular flexibility index (Phi) is 3.03. The highest BCUT2D eigenvalue weighted by Gasteiger charge is 2.34. The molecule has 0 spiro atoms. The smallest absolute Gasteiger partial charge is 0.0411 e. The quantitative estimate of drug-likeness (QED) is 0.817. The van der Waals surface area contributed by atoms with Crippen molar-refractivity contribution in [3.8, 4) is 0 Å². The SMILES string of the molecule is Cc1cc(Cl)cc(C2(CN)CCCC2)c1. The van der Waals surface area contributed by atoms with Gasteiger partial charge in [0, 0.05) is 17.0 Å². The zero-order valence-electron chi connectivity index (χ0n) is 9.22. The molecule has 15 heavy (non-hydrogen) atoms. The van der Waals surface area contributed by atoms with Crippen molar-refractivity contribution in [3.63, 3.8) is 0 Å². The zero-order valence-corrected chi connectivity index (χ0v) is 9.98. The van der Waals surface area contributed by atoms with E-state index in [2.05, 4.69) is 19.1 Å². The molecule has 82 valence electrons. The minimum Gasteiger partial charge on any atom is -0.330 e. The molecule has 2 heteroatoms. The molecule has 2 N–H and O–H groups in total. The minimum atomic E-state index is 0.204. The van der Waals surface area contributed by atoms with Gasteiger partial charge in [0.25, 0.3) is 0 Å². The maximum atomic E-state index is 6.11. The van der Waals surface area contributed by atoms with E-state index in [0.717, 1.165) is 11.6 Å². The van der Waals surface area contributed by atoms with Gasteiger partial charge in [-0.25, -0.2) is 0 Å². The van der Waals surface area contributed by atoms with Crippen LogP contribution in [0, 0.1) is 6.92 Å². The fourth-order valence-electron chi connectivity index (χ4n) is 2.70. The second-order valence-corrected chi connectivity index (χ2v) is 5.15. The van der Waals surface area contributed by atoms with Crippen LogP contribution in [-0.4, -0.2) is 6.54 Å². The highest BCUT2D eigenvalue weighted by molar-refractivity contribution is 6.30. The van der Waals surface area contributed by atoms with E-state index in [1.807, 2.05) is 6.07 Å². The van der Waals surface area contributed by atoms with Crippen molar-refractivity contribution in [1.29, 1.82) is 0 Å². The Balaban J connectivity index is 2.42. The number of benzene rings is 1. The fraction of sp³-hybridized carbons (Fsp3) is 0.538. The highest BCUT2D eigenvalue weighted by atomic mass is 35.5. The molecular formula is C13H18ClN. The molecule has 0 aromatic heterocycles. The Morgan fingerprint density at radius 2 is 1.93 bits per heavy atom. The first-order valence-electron chi connectivity index (χ1n) is 5.64. The summed E-state index contributed by atoms with van der Waals surface area (Å²) in [7, 11) is 0. The third-order valence-corrected chi connectivity index (χ3v) is 3.82. The lowest BCUT2D eigenvalue weighted by Gasteiger charge is -2.28. The summed E-state index contributed by atoms with van der Waals surface area (Å²) < 4.78 is 0. The third-order valence-electron chi connectivity index (χ3n) is 3.61. The van der Waals surface area contributed by atoms with Crippen molar-refractivity contribution in [3.05, 3.63) is 34.3 Å². The second kappa shape index (κ2) is 4.15. The maximum absolute atomic E-state index is 6.11. The van der Waals surface area contributed by atoms with E-state index in [9.17, 15) is 0 Å². The maximum Gasteiger partial charge on any atom is 0.0411 e. The predicted molar refractivity (Wildman–Crippen MR) is 65.4 cm³/mol. The highest BCUT2D eigenvalue weighted by Crippen LogP contribution is 2.41. The van der Waals surface area contributed by atoms with Gasteiger partial charge in [0.2, 0.25) is 0 Å². The Morgan fingerprint density at radius 3 is 2.47 bits per heavy atom. The van der Waals surface area contributed by atoms with Crippen LogP contribution in [0.4, 0.5) is 0 Å². The van der Waals surface area contributed by atoms with Crippen LogP contribution in [0.25, 0.3) is 0 Å². The lowest BCUT2D eigenvalue weighted by atomic mass is 9.78. The topological polar surface area (TPSA) is 26.0 Å². The van der Waals surface area contributed by atoms with Crippen LogP contribution in [0.3, 0.4) is 0 Å². The molecule has 1 saturated carbocycles. The lowest BCUT2D eigenvalue weighted by Crippen LogP contribution is -2.32. The molecule has 0 atom stereocenters. The number of halogens is 1. The van der Waals surface area contributed by atoms with E-state index in [1.165, 1.54) is 36.8 Å². The summed E-state index contributed by atoms with van der Waals surface area (Å²) in [6, 6.07) is 6.33. The number of aryl methyl sites for hydroxylation is 1. The molecule has 0 saturated heterocycles. The van der Waals surface area contributed by atoms with E-state index in [4.69, 9.17) is 17.3 Å². The van der Waals surface area contributed by atoms with Crippen LogP contribution in [0.5, 0.6) is 0 Å². The average Bonchev–Trinajstić information content (AvgIpc) is 2.65. The molecule has 1 fully saturated rings. The van der Waals surface area contributed by atoms with Gasteiger partial charge in [0.1, 0.15) is 0 Å². The summed E-state index contributed by atoms with van der Waals surface area (Å²) in [4.78, 5) is 0. The van der Waals surface area contributed by atoms with Gasteiger partial charge in [-0.2, -0.15) is 0 Å². The van der Waals surface area contributed by atoms with E-state index < -0.39 is 0 Å². The first kappa shape index (κ1) is 11.0. The Morgan fingerprint density at radius 1 is 1.27 bits per heavy atom. The fourth-order valence-corrected chi connectivity index (χ4v) is 2.99. The van der Waals surface area contributed by atoms with Crippen molar-refractivity contribution < 1.29 is 0 Å². The van der Waals surface area contributed by atoms with Crippen LogP contribution in [0.2, 0.25) is 5.02 Å². The van der Waals surface area contributed by atoms with Gasteiger partial charge in [0.15, 0.2) is 0 Å². The monoisotopic (exact) mass is 223 g/mol. The molecule has 0 unspecified atom stereocenters. The van der Waals surface area contributed by atoms with E-state index in [-0.39, 0.29) is 5.41 Å². The molecule has 0 bridgehead atoms. The second-order valence-electron chi connectivity index (χ2n) is 4.71. The first-order valence-corrected chi connectivity index (χ1v) is 6.02. The van der Waals surface area contributed by atoms with Gasteiger partial charge in [0.05, 0.1) is 0 Å². The molecule has 0 heterocycles. The minimum absolute atomic E-state index is 0.204. The van der Waals surface area contributed by atoms with Crippen molar-refractivity contribution in [2.24, 2.45) is 5.73 Å². The van der Waals surface area contributed by atoms with Crippen molar-refractivity contribution in [2.75, 3.05) is 6.54 Å². The summed E-state index contributed by atoms with van der Waals surface area (Å²) in [6.45, 7) is 2.83. The summed E-state index contributed by atoms with van der Waals surface area (Å²) in [5.41, 5.74) is 8.74. The Bertz CT molecular complexity index is 333. The van der Waals surface area contributed by atoms with Crippen LogP contribution >= 0.6 is 11.6 Å². The van der Waals surface area contributed by atoms with Crippen molar-refractivity contribution in [2.45, 2.75) is 38.0 Å². The molecule has 0 amide bonds. The van der Waals surface area contributed by atoms with E-state index in [0.29, 0.717) is 0 Å². The van der Waals surface area contributed by atoms with E-state index >= 15 is 0 Å². The summed E-state index contributed by atoms with van der Waals surface area (Å²) in [5, 5.41) is 0.838. The van der Waals surface area contributed by atoms with Crippen LogP contribution < -0.4 is 5.73 Å². The van der Waals surface area contributed by atoms with Gasteiger partial charge >= 0.3 is 0 Å². The number of rotatable bonds is 2. The molecule has 0 aliphatic heterocycles. The average molecular weight is 224 g/mol. The van der Waals surface area contributed by atoms with Crippen LogP contribution in [0.1, 0.15) is 36.8 Å². The molecule has 1 nitrogen and oxygen atoms in total. The normalized spacial score (nSPS) is 19.4. The molecule has 1 aliphatic rings. The molecule has 1 aromatic carbocycles. The van der Waals surface area contributed by atoms with Gasteiger partial charge in [-0.15, -0.1) is 0 Å². The predicted octanol–water partition coefficient (Wildman–Crippen LogP) is 3.42. The van der Waals surface area contributed by atoms with Gasteiger partial charge < -0.3 is 5.73 Å². The van der Waals surface area contributed by atoms with Crippen molar-refractivity contribution >= 4 is 11.6 Å². The number of nitrogens with two attached hydrogens (primary N) is 1. The number of hydrogen-bond donors (Lipinski definition) is 1. The van der Waals surface area contributed by atoms with Crippen LogP contribution in [0.15, 0.2) is 18.2 Å². The van der Waals surface area contributed by atoms with Gasteiger partial charge in [-0.1, -0.05) is 30.5 Å². The zero-order chi connectivity index (χ0) is 10.9. The standard InChI is InChI=1S/C13H18ClN/c1-10-6-11(8-12(14)7-10)13(9-15)4-2-3-5-13/h6-8H,2-5,9,15H2,1H3. The van der Waals surface area contributed by atoms with Crippen molar-refractivity contribution in [1.82, 2.24) is 0 Å². The first-order chi connectivity index (χ1) is 7.16. The molecule has 1 aliphatic carbocycles. The molecule has 2 rings (SSSR count). The lowest BCUT2D eigenvalue weighted by molar-refractivity contribution is 0.453. The summed E-state index contributed by atoms with van der Waals surface area (Å²) >= 11 is 6.11.